The third kappa shape index (κ3) is 5.13. The molecule has 1 fully saturated rings. The van der Waals surface area contributed by atoms with E-state index in [1.165, 1.54) is 32.1 Å². The Labute approximate surface area is 118 Å². The lowest BCUT2D eigenvalue weighted by atomic mass is 9.85. The fraction of sp³-hybridized carbons (Fsp3) is 0.938. The summed E-state index contributed by atoms with van der Waals surface area (Å²) in [6, 6.07) is 0. The summed E-state index contributed by atoms with van der Waals surface area (Å²) in [5, 5.41) is 9.47. The summed E-state index contributed by atoms with van der Waals surface area (Å²) in [4.78, 5) is 13.9. The number of aliphatic carboxylic acids is 1. The molecule has 112 valence electrons. The van der Waals surface area contributed by atoms with Crippen molar-refractivity contribution in [3.63, 3.8) is 0 Å². The highest BCUT2D eigenvalue weighted by Gasteiger charge is 2.34. The molecule has 1 aliphatic heterocycles. The maximum Gasteiger partial charge on any atom is 0.310 e. The van der Waals surface area contributed by atoms with Gasteiger partial charge in [-0.1, -0.05) is 33.1 Å². The van der Waals surface area contributed by atoms with Crippen LogP contribution in [-0.4, -0.2) is 35.6 Å². The Morgan fingerprint density at radius 1 is 1.26 bits per heavy atom. The number of hydrogen-bond acceptors (Lipinski definition) is 2. The largest absolute Gasteiger partial charge is 0.481 e. The molecule has 0 aromatic rings. The lowest BCUT2D eigenvalue weighted by Gasteiger charge is -2.31. The van der Waals surface area contributed by atoms with Crippen LogP contribution in [0.3, 0.4) is 0 Å². The van der Waals surface area contributed by atoms with Gasteiger partial charge in [-0.2, -0.15) is 0 Å². The molecule has 1 saturated heterocycles. The Kier molecular flexibility index (Phi) is 6.84. The van der Waals surface area contributed by atoms with Gasteiger partial charge in [0.05, 0.1) is 5.41 Å². The molecule has 0 radical (unpaired) electrons. The van der Waals surface area contributed by atoms with E-state index in [1.807, 2.05) is 6.92 Å². The van der Waals surface area contributed by atoms with Crippen molar-refractivity contribution < 1.29 is 9.90 Å². The maximum atomic E-state index is 11.5. The Morgan fingerprint density at radius 2 is 2.00 bits per heavy atom. The van der Waals surface area contributed by atoms with Gasteiger partial charge in [-0.15, -0.1) is 0 Å². The smallest absolute Gasteiger partial charge is 0.310 e. The molecule has 1 N–H and O–H groups in total. The molecule has 0 aromatic heterocycles. The molecule has 2 unspecified atom stereocenters. The predicted octanol–water partition coefficient (Wildman–Crippen LogP) is 3.78. The maximum absolute atomic E-state index is 11.5. The number of rotatable bonds is 7. The minimum Gasteiger partial charge on any atom is -0.481 e. The molecular formula is C16H31NO2. The van der Waals surface area contributed by atoms with Gasteiger partial charge in [0.25, 0.3) is 0 Å². The van der Waals surface area contributed by atoms with Crippen LogP contribution in [0.5, 0.6) is 0 Å². The fourth-order valence-electron chi connectivity index (χ4n) is 3.38. The fourth-order valence-corrected chi connectivity index (χ4v) is 3.38. The molecule has 0 bridgehead atoms. The summed E-state index contributed by atoms with van der Waals surface area (Å²) >= 11 is 0. The quantitative estimate of drug-likeness (QED) is 0.764. The molecule has 0 spiro atoms. The van der Waals surface area contributed by atoms with Crippen molar-refractivity contribution in [1.82, 2.24) is 4.90 Å². The average molecular weight is 269 g/mol. The van der Waals surface area contributed by atoms with Crippen LogP contribution in [0.1, 0.15) is 65.7 Å². The molecule has 1 heterocycles. The SMILES string of the molecule is CCCC1CCCN(CC(C)(CCC)C(=O)O)CC1. The Bertz CT molecular complexity index is 280. The number of carboxylic acid groups (broad SMARTS) is 1. The van der Waals surface area contributed by atoms with Gasteiger partial charge in [0.15, 0.2) is 0 Å². The topological polar surface area (TPSA) is 40.5 Å². The van der Waals surface area contributed by atoms with Crippen LogP contribution in [0, 0.1) is 11.3 Å². The molecular weight excluding hydrogens is 238 g/mol. The van der Waals surface area contributed by atoms with E-state index in [-0.39, 0.29) is 0 Å². The van der Waals surface area contributed by atoms with Crippen molar-refractivity contribution in [2.24, 2.45) is 11.3 Å². The molecule has 3 heteroatoms. The molecule has 1 rings (SSSR count). The molecule has 1 aliphatic rings. The normalized spacial score (nSPS) is 24.7. The highest BCUT2D eigenvalue weighted by atomic mass is 16.4. The summed E-state index contributed by atoms with van der Waals surface area (Å²) in [6.07, 6.45) is 8.11. The van der Waals surface area contributed by atoms with Gasteiger partial charge in [0.1, 0.15) is 0 Å². The minimum absolute atomic E-state index is 0.570. The van der Waals surface area contributed by atoms with Crippen LogP contribution >= 0.6 is 0 Å². The van der Waals surface area contributed by atoms with Gasteiger partial charge in [-0.05, 0) is 51.6 Å². The number of nitrogens with zero attached hydrogens (tertiary/aromatic N) is 1. The zero-order valence-electron chi connectivity index (χ0n) is 13.0. The van der Waals surface area contributed by atoms with Crippen LogP contribution in [0.2, 0.25) is 0 Å². The van der Waals surface area contributed by atoms with Crippen molar-refractivity contribution in [3.8, 4) is 0 Å². The van der Waals surface area contributed by atoms with Crippen LogP contribution in [-0.2, 0) is 4.79 Å². The first-order chi connectivity index (χ1) is 9.01. The first-order valence-electron chi connectivity index (χ1n) is 7.97. The van der Waals surface area contributed by atoms with E-state index in [1.54, 1.807) is 0 Å². The van der Waals surface area contributed by atoms with Crippen molar-refractivity contribution in [2.75, 3.05) is 19.6 Å². The van der Waals surface area contributed by atoms with Gasteiger partial charge in [0, 0.05) is 6.54 Å². The molecule has 2 atom stereocenters. The molecule has 0 aliphatic carbocycles. The third-order valence-corrected chi connectivity index (χ3v) is 4.53. The van der Waals surface area contributed by atoms with Crippen LogP contribution in [0.4, 0.5) is 0 Å². The first-order valence-corrected chi connectivity index (χ1v) is 7.97. The standard InChI is InChI=1S/C16H31NO2/c1-4-7-14-8-6-11-17(12-9-14)13-16(3,10-5-2)15(18)19/h14H,4-13H2,1-3H3,(H,18,19). The second kappa shape index (κ2) is 7.88. The van der Waals surface area contributed by atoms with Crippen molar-refractivity contribution in [1.29, 1.82) is 0 Å². The van der Waals surface area contributed by atoms with Crippen LogP contribution in [0.15, 0.2) is 0 Å². The van der Waals surface area contributed by atoms with Crippen molar-refractivity contribution in [3.05, 3.63) is 0 Å². The summed E-state index contributed by atoms with van der Waals surface area (Å²) in [5.41, 5.74) is -0.570. The number of hydrogen-bond donors (Lipinski definition) is 1. The van der Waals surface area contributed by atoms with E-state index >= 15 is 0 Å². The number of carboxylic acids is 1. The van der Waals surface area contributed by atoms with E-state index in [9.17, 15) is 9.90 Å². The zero-order chi connectivity index (χ0) is 14.3. The summed E-state index contributed by atoms with van der Waals surface area (Å²) < 4.78 is 0. The lowest BCUT2D eigenvalue weighted by Crippen LogP contribution is -2.41. The second-order valence-corrected chi connectivity index (χ2v) is 6.48. The summed E-state index contributed by atoms with van der Waals surface area (Å²) in [5.74, 6) is 0.223. The molecule has 0 aromatic carbocycles. The summed E-state index contributed by atoms with van der Waals surface area (Å²) in [7, 11) is 0. The predicted molar refractivity (Wildman–Crippen MR) is 79.3 cm³/mol. The van der Waals surface area contributed by atoms with Gasteiger partial charge < -0.3 is 10.0 Å². The molecule has 19 heavy (non-hydrogen) atoms. The second-order valence-electron chi connectivity index (χ2n) is 6.48. The molecule has 0 saturated carbocycles. The van der Waals surface area contributed by atoms with E-state index in [0.29, 0.717) is 0 Å². The molecule has 3 nitrogen and oxygen atoms in total. The highest BCUT2D eigenvalue weighted by molar-refractivity contribution is 5.74. The Hall–Kier alpha value is -0.570. The highest BCUT2D eigenvalue weighted by Crippen LogP contribution is 2.28. The van der Waals surface area contributed by atoms with Crippen LogP contribution in [0.25, 0.3) is 0 Å². The Balaban J connectivity index is 2.53. The monoisotopic (exact) mass is 269 g/mol. The Morgan fingerprint density at radius 3 is 2.58 bits per heavy atom. The van der Waals surface area contributed by atoms with Gasteiger partial charge in [0.2, 0.25) is 0 Å². The average Bonchev–Trinajstić information content (AvgIpc) is 2.55. The van der Waals surface area contributed by atoms with Gasteiger partial charge >= 0.3 is 5.97 Å². The van der Waals surface area contributed by atoms with E-state index < -0.39 is 11.4 Å². The van der Waals surface area contributed by atoms with E-state index in [0.717, 1.165) is 38.4 Å². The lowest BCUT2D eigenvalue weighted by molar-refractivity contribution is -0.149. The minimum atomic E-state index is -0.635. The summed E-state index contributed by atoms with van der Waals surface area (Å²) in [6.45, 7) is 9.11. The third-order valence-electron chi connectivity index (χ3n) is 4.53. The zero-order valence-corrected chi connectivity index (χ0v) is 13.0. The van der Waals surface area contributed by atoms with Crippen molar-refractivity contribution in [2.45, 2.75) is 65.7 Å². The number of likely N-dealkylation sites (tertiary alicyclic amines) is 1. The molecule has 0 amide bonds. The number of carbonyl (C=O) groups is 1. The van der Waals surface area contributed by atoms with E-state index in [4.69, 9.17) is 0 Å². The van der Waals surface area contributed by atoms with Crippen LogP contribution < -0.4 is 0 Å². The van der Waals surface area contributed by atoms with Gasteiger partial charge in [-0.25, -0.2) is 0 Å². The van der Waals surface area contributed by atoms with Gasteiger partial charge in [-0.3, -0.25) is 4.79 Å². The first kappa shape index (κ1) is 16.5. The van der Waals surface area contributed by atoms with Crippen molar-refractivity contribution >= 4 is 5.97 Å². The van der Waals surface area contributed by atoms with E-state index in [2.05, 4.69) is 18.7 Å².